The molecule has 1 aliphatic rings. The molecule has 0 amide bonds. The zero-order valence-corrected chi connectivity index (χ0v) is 18.2. The molecular weight excluding hydrogens is 396 g/mol. The summed E-state index contributed by atoms with van der Waals surface area (Å²) in [7, 11) is 0. The normalized spacial score (nSPS) is 15.1. The summed E-state index contributed by atoms with van der Waals surface area (Å²) in [6.07, 6.45) is 0.374. The lowest BCUT2D eigenvalue weighted by atomic mass is 9.94. The van der Waals surface area contributed by atoms with E-state index in [1.54, 1.807) is 20.8 Å². The van der Waals surface area contributed by atoms with Crippen LogP contribution in [0.25, 0.3) is 11.1 Å². The molecule has 0 radical (unpaired) electrons. The highest BCUT2D eigenvalue weighted by molar-refractivity contribution is 5.82. The molecule has 2 aromatic rings. The van der Waals surface area contributed by atoms with Gasteiger partial charge in [0.05, 0.1) is 24.0 Å². The van der Waals surface area contributed by atoms with E-state index in [4.69, 9.17) is 9.47 Å². The number of aliphatic carboxylic acids is 1. The van der Waals surface area contributed by atoms with E-state index in [9.17, 15) is 19.8 Å². The minimum atomic E-state index is -1.11. The maximum absolute atomic E-state index is 12.7. The van der Waals surface area contributed by atoms with Crippen LogP contribution in [-0.2, 0) is 19.1 Å². The van der Waals surface area contributed by atoms with Crippen LogP contribution in [0.5, 0.6) is 0 Å². The van der Waals surface area contributed by atoms with Crippen molar-refractivity contribution in [2.45, 2.75) is 38.7 Å². The van der Waals surface area contributed by atoms with Gasteiger partial charge in [0.2, 0.25) is 0 Å². The van der Waals surface area contributed by atoms with Gasteiger partial charge >= 0.3 is 11.9 Å². The van der Waals surface area contributed by atoms with Crippen molar-refractivity contribution in [2.75, 3.05) is 19.8 Å². The highest BCUT2D eigenvalue weighted by atomic mass is 16.5. The molecule has 0 aromatic heterocycles. The Hall–Kier alpha value is -2.70. The molecule has 31 heavy (non-hydrogen) atoms. The molecule has 2 atom stereocenters. The number of hydrogen-bond donors (Lipinski definition) is 2. The van der Waals surface area contributed by atoms with Gasteiger partial charge in [-0.25, -0.2) is 0 Å². The van der Waals surface area contributed by atoms with E-state index in [-0.39, 0.29) is 25.7 Å². The molecular formula is C25H30O6. The van der Waals surface area contributed by atoms with Crippen molar-refractivity contribution in [3.05, 3.63) is 59.7 Å². The Bertz CT molecular complexity index is 884. The molecule has 1 aliphatic carbocycles. The predicted molar refractivity (Wildman–Crippen MR) is 117 cm³/mol. The average molecular weight is 427 g/mol. The second-order valence-corrected chi connectivity index (χ2v) is 8.73. The van der Waals surface area contributed by atoms with Crippen LogP contribution in [0.3, 0.4) is 0 Å². The van der Waals surface area contributed by atoms with Gasteiger partial charge in [0.15, 0.2) is 0 Å². The fraction of sp³-hybridized carbons (Fsp3) is 0.440. The van der Waals surface area contributed by atoms with Crippen LogP contribution in [0.1, 0.15) is 44.2 Å². The molecule has 166 valence electrons. The summed E-state index contributed by atoms with van der Waals surface area (Å²) < 4.78 is 11.0. The van der Waals surface area contributed by atoms with Gasteiger partial charge in [-0.2, -0.15) is 0 Å². The SMILES string of the molecule is CC(C(=O)OCC1c2ccccc2-c2ccccc21)[C@@H](COCCC(C)(C)O)C(=O)O. The van der Waals surface area contributed by atoms with Crippen LogP contribution in [0.2, 0.25) is 0 Å². The van der Waals surface area contributed by atoms with Crippen molar-refractivity contribution in [1.82, 2.24) is 0 Å². The summed E-state index contributed by atoms with van der Waals surface area (Å²) in [6, 6.07) is 16.1. The van der Waals surface area contributed by atoms with E-state index in [0.29, 0.717) is 6.42 Å². The third-order valence-electron chi connectivity index (χ3n) is 5.80. The minimum absolute atomic E-state index is 0.0742. The van der Waals surface area contributed by atoms with Gasteiger partial charge in [-0.15, -0.1) is 0 Å². The van der Waals surface area contributed by atoms with Gasteiger partial charge in [-0.3, -0.25) is 9.59 Å². The van der Waals surface area contributed by atoms with Gasteiger partial charge in [-0.1, -0.05) is 55.5 Å². The fourth-order valence-electron chi connectivity index (χ4n) is 3.86. The Balaban J connectivity index is 1.62. The molecule has 3 rings (SSSR count). The molecule has 0 heterocycles. The van der Waals surface area contributed by atoms with Crippen molar-refractivity contribution in [3.63, 3.8) is 0 Å². The zero-order chi connectivity index (χ0) is 22.6. The highest BCUT2D eigenvalue weighted by Crippen LogP contribution is 2.44. The number of hydrogen-bond acceptors (Lipinski definition) is 5. The second-order valence-electron chi connectivity index (χ2n) is 8.73. The number of carboxylic acid groups (broad SMARTS) is 1. The lowest BCUT2D eigenvalue weighted by Crippen LogP contribution is -2.33. The van der Waals surface area contributed by atoms with Gasteiger partial charge in [0.25, 0.3) is 0 Å². The van der Waals surface area contributed by atoms with Crippen LogP contribution < -0.4 is 0 Å². The second kappa shape index (κ2) is 9.62. The fourth-order valence-corrected chi connectivity index (χ4v) is 3.86. The summed E-state index contributed by atoms with van der Waals surface area (Å²) in [6.45, 7) is 5.12. The number of carbonyl (C=O) groups excluding carboxylic acids is 1. The number of aliphatic hydroxyl groups is 1. The number of esters is 1. The van der Waals surface area contributed by atoms with Crippen LogP contribution >= 0.6 is 0 Å². The molecule has 0 saturated heterocycles. The predicted octanol–water partition coefficient (Wildman–Crippen LogP) is 3.86. The summed E-state index contributed by atoms with van der Waals surface area (Å²) in [5.41, 5.74) is 3.59. The van der Waals surface area contributed by atoms with Gasteiger partial charge in [0, 0.05) is 12.5 Å². The first-order chi connectivity index (χ1) is 14.7. The lowest BCUT2D eigenvalue weighted by Gasteiger charge is -2.22. The van der Waals surface area contributed by atoms with Gasteiger partial charge in [-0.05, 0) is 42.5 Å². The van der Waals surface area contributed by atoms with Crippen LogP contribution in [0.15, 0.2) is 48.5 Å². The van der Waals surface area contributed by atoms with Crippen LogP contribution in [-0.4, -0.2) is 47.6 Å². The molecule has 6 nitrogen and oxygen atoms in total. The number of benzene rings is 2. The average Bonchev–Trinajstić information content (AvgIpc) is 3.04. The lowest BCUT2D eigenvalue weighted by molar-refractivity contribution is -0.159. The van der Waals surface area contributed by atoms with Crippen LogP contribution in [0.4, 0.5) is 0 Å². The van der Waals surface area contributed by atoms with E-state index in [0.717, 1.165) is 22.3 Å². The van der Waals surface area contributed by atoms with Crippen LogP contribution in [0, 0.1) is 11.8 Å². The number of ether oxygens (including phenoxy) is 2. The van der Waals surface area contributed by atoms with Crippen molar-refractivity contribution in [3.8, 4) is 11.1 Å². The topological polar surface area (TPSA) is 93.1 Å². The first-order valence-electron chi connectivity index (χ1n) is 10.6. The molecule has 0 saturated carbocycles. The molecule has 2 aromatic carbocycles. The third kappa shape index (κ3) is 5.51. The molecule has 0 spiro atoms. The quantitative estimate of drug-likeness (QED) is 0.443. The first kappa shape index (κ1) is 23.0. The van der Waals surface area contributed by atoms with Crippen molar-refractivity contribution in [2.24, 2.45) is 11.8 Å². The van der Waals surface area contributed by atoms with Gasteiger partial charge in [0.1, 0.15) is 6.61 Å². The summed E-state index contributed by atoms with van der Waals surface area (Å²) in [5, 5.41) is 19.3. The Morgan fingerprint density at radius 1 is 1.03 bits per heavy atom. The smallest absolute Gasteiger partial charge is 0.309 e. The molecule has 0 aliphatic heterocycles. The van der Waals surface area contributed by atoms with Crippen molar-refractivity contribution >= 4 is 11.9 Å². The third-order valence-corrected chi connectivity index (χ3v) is 5.80. The summed E-state index contributed by atoms with van der Waals surface area (Å²) >= 11 is 0. The highest BCUT2D eigenvalue weighted by Gasteiger charge is 2.34. The molecule has 1 unspecified atom stereocenters. The van der Waals surface area contributed by atoms with E-state index in [2.05, 4.69) is 12.1 Å². The van der Waals surface area contributed by atoms with Crippen molar-refractivity contribution < 1.29 is 29.3 Å². The summed E-state index contributed by atoms with van der Waals surface area (Å²) in [4.78, 5) is 24.4. The van der Waals surface area contributed by atoms with Crippen molar-refractivity contribution in [1.29, 1.82) is 0 Å². The minimum Gasteiger partial charge on any atom is -0.481 e. The maximum atomic E-state index is 12.7. The Morgan fingerprint density at radius 2 is 1.58 bits per heavy atom. The monoisotopic (exact) mass is 426 g/mol. The van der Waals surface area contributed by atoms with E-state index >= 15 is 0 Å². The number of fused-ring (bicyclic) bond motifs is 3. The number of carboxylic acids is 1. The van der Waals surface area contributed by atoms with E-state index in [1.165, 1.54) is 0 Å². The molecule has 6 heteroatoms. The van der Waals surface area contributed by atoms with E-state index < -0.39 is 29.4 Å². The number of rotatable bonds is 10. The zero-order valence-electron chi connectivity index (χ0n) is 18.2. The molecule has 2 N–H and O–H groups in total. The summed E-state index contributed by atoms with van der Waals surface area (Å²) in [5.74, 6) is -3.61. The Morgan fingerprint density at radius 3 is 2.10 bits per heavy atom. The van der Waals surface area contributed by atoms with Gasteiger partial charge < -0.3 is 19.7 Å². The molecule has 0 bridgehead atoms. The Labute approximate surface area is 182 Å². The Kier molecular flexibility index (Phi) is 7.13. The largest absolute Gasteiger partial charge is 0.481 e. The standard InChI is InChI=1S/C25H30O6/c1-16(21(23(26)27)14-30-13-12-25(2,3)29)24(28)31-15-22-19-10-6-4-8-17(19)18-9-5-7-11-20(18)22/h4-11,16,21-22,29H,12-15H2,1-3H3,(H,26,27)/t16?,21-/m1/s1. The maximum Gasteiger partial charge on any atom is 0.309 e. The number of carbonyl (C=O) groups is 2. The first-order valence-corrected chi connectivity index (χ1v) is 10.6. The molecule has 0 fully saturated rings. The van der Waals surface area contributed by atoms with E-state index in [1.807, 2.05) is 36.4 Å².